The molecule has 0 saturated heterocycles. The van der Waals surface area contributed by atoms with E-state index >= 15 is 0 Å². The summed E-state index contributed by atoms with van der Waals surface area (Å²) in [7, 11) is 0. The molecule has 154 valence electrons. The molecule has 4 nitrogen and oxygen atoms in total. The number of aryl methyl sites for hydroxylation is 2. The van der Waals surface area contributed by atoms with Crippen molar-refractivity contribution in [3.05, 3.63) is 104 Å². The van der Waals surface area contributed by atoms with Gasteiger partial charge in [0, 0.05) is 23.2 Å². The molecule has 0 spiro atoms. The Kier molecular flexibility index (Phi) is 6.41. The van der Waals surface area contributed by atoms with Gasteiger partial charge in [-0.05, 0) is 54.5 Å². The third kappa shape index (κ3) is 4.53. The number of hydrogen-bond donors (Lipinski definition) is 1. The molecule has 0 aliphatic rings. The van der Waals surface area contributed by atoms with Crippen molar-refractivity contribution in [3.8, 4) is 0 Å². The normalized spacial score (nSPS) is 12.3. The summed E-state index contributed by atoms with van der Waals surface area (Å²) in [4.78, 5) is 18.5. The maximum Gasteiger partial charge on any atom is 0.258 e. The lowest BCUT2D eigenvalue weighted by atomic mass is 10.0. The minimum absolute atomic E-state index is 0.0390. The molecule has 0 aliphatic heterocycles. The number of thiophene rings is 1. The average molecular weight is 418 g/mol. The molecule has 0 radical (unpaired) electrons. The number of unbranched alkanes of at least 4 members (excludes halogenated alkanes) is 1. The summed E-state index contributed by atoms with van der Waals surface area (Å²) in [6.07, 6.45) is 3.55. The maximum atomic E-state index is 12.6. The van der Waals surface area contributed by atoms with Gasteiger partial charge in [-0.15, -0.1) is 11.3 Å². The molecule has 1 aromatic carbocycles. The Morgan fingerprint density at radius 1 is 1.10 bits per heavy atom. The summed E-state index contributed by atoms with van der Waals surface area (Å²) < 4.78 is 1.65. The van der Waals surface area contributed by atoms with E-state index in [1.54, 1.807) is 21.8 Å². The van der Waals surface area contributed by atoms with Gasteiger partial charge in [-0.3, -0.25) is 14.5 Å². The highest BCUT2D eigenvalue weighted by Crippen LogP contribution is 2.27. The van der Waals surface area contributed by atoms with Crippen LogP contribution in [0.15, 0.2) is 70.8 Å². The predicted molar refractivity (Wildman–Crippen MR) is 124 cm³/mol. The molecule has 0 fully saturated rings. The molecule has 0 saturated carbocycles. The van der Waals surface area contributed by atoms with E-state index in [0.717, 1.165) is 17.8 Å². The summed E-state index contributed by atoms with van der Waals surface area (Å²) in [6, 6.07) is 20.6. The van der Waals surface area contributed by atoms with Crippen molar-refractivity contribution >= 4 is 17.0 Å². The third-order valence-corrected chi connectivity index (χ3v) is 6.32. The first-order chi connectivity index (χ1) is 14.7. The van der Waals surface area contributed by atoms with Crippen LogP contribution >= 0.6 is 11.3 Å². The number of hydrogen-bond acceptors (Lipinski definition) is 4. The second-order valence-electron chi connectivity index (χ2n) is 7.62. The fourth-order valence-electron chi connectivity index (χ4n) is 3.76. The molecular formula is C25H27N3OS. The lowest BCUT2D eigenvalue weighted by Crippen LogP contribution is -2.24. The van der Waals surface area contributed by atoms with Gasteiger partial charge in [0.1, 0.15) is 5.65 Å². The zero-order chi connectivity index (χ0) is 20.9. The second kappa shape index (κ2) is 9.37. The molecule has 4 aromatic rings. The molecule has 0 aliphatic carbocycles. The molecule has 1 atom stereocenters. The number of fused-ring (bicyclic) bond motifs is 1. The van der Waals surface area contributed by atoms with Crippen molar-refractivity contribution in [2.24, 2.45) is 0 Å². The van der Waals surface area contributed by atoms with Crippen molar-refractivity contribution < 1.29 is 0 Å². The van der Waals surface area contributed by atoms with E-state index in [4.69, 9.17) is 4.98 Å². The molecule has 0 unspecified atom stereocenters. The van der Waals surface area contributed by atoms with E-state index in [0.29, 0.717) is 12.2 Å². The van der Waals surface area contributed by atoms with Crippen LogP contribution in [0.3, 0.4) is 0 Å². The van der Waals surface area contributed by atoms with Crippen LogP contribution in [0.1, 0.15) is 53.2 Å². The highest BCUT2D eigenvalue weighted by molar-refractivity contribution is 7.10. The first kappa shape index (κ1) is 20.5. The van der Waals surface area contributed by atoms with Gasteiger partial charge in [0.2, 0.25) is 0 Å². The highest BCUT2D eigenvalue weighted by Gasteiger charge is 2.15. The summed E-state index contributed by atoms with van der Waals surface area (Å²) in [5, 5.41) is 5.72. The molecular weight excluding hydrogens is 390 g/mol. The van der Waals surface area contributed by atoms with Crippen molar-refractivity contribution in [2.75, 3.05) is 0 Å². The van der Waals surface area contributed by atoms with Gasteiger partial charge < -0.3 is 0 Å². The zero-order valence-electron chi connectivity index (χ0n) is 17.5. The van der Waals surface area contributed by atoms with Crippen LogP contribution in [0, 0.1) is 6.92 Å². The number of nitrogens with one attached hydrogen (secondary N) is 1. The average Bonchev–Trinajstić information content (AvgIpc) is 3.28. The lowest BCUT2D eigenvalue weighted by molar-refractivity contribution is 0.603. The lowest BCUT2D eigenvalue weighted by Gasteiger charge is -2.19. The van der Waals surface area contributed by atoms with Gasteiger partial charge in [-0.1, -0.05) is 49.7 Å². The van der Waals surface area contributed by atoms with Crippen LogP contribution < -0.4 is 10.9 Å². The Labute approximate surface area is 181 Å². The molecule has 3 heterocycles. The molecule has 1 N–H and O–H groups in total. The van der Waals surface area contributed by atoms with Gasteiger partial charge in [0.25, 0.3) is 5.56 Å². The van der Waals surface area contributed by atoms with Gasteiger partial charge in [-0.2, -0.15) is 0 Å². The smallest absolute Gasteiger partial charge is 0.258 e. The predicted octanol–water partition coefficient (Wildman–Crippen LogP) is 5.29. The van der Waals surface area contributed by atoms with Crippen LogP contribution in [0.5, 0.6) is 0 Å². The number of rotatable bonds is 8. The molecule has 30 heavy (non-hydrogen) atoms. The second-order valence-corrected chi connectivity index (χ2v) is 8.60. The summed E-state index contributed by atoms with van der Waals surface area (Å²) in [5.41, 5.74) is 4.90. The molecule has 0 amide bonds. The van der Waals surface area contributed by atoms with Gasteiger partial charge in [0.05, 0.1) is 11.7 Å². The van der Waals surface area contributed by atoms with Crippen molar-refractivity contribution in [1.29, 1.82) is 0 Å². The van der Waals surface area contributed by atoms with Crippen molar-refractivity contribution in [1.82, 2.24) is 14.7 Å². The number of nitrogens with zero attached hydrogens (tertiary/aromatic N) is 2. The number of benzene rings is 1. The summed E-state index contributed by atoms with van der Waals surface area (Å²) >= 11 is 1.74. The monoisotopic (exact) mass is 417 g/mol. The SMILES string of the molecule is CCCCc1ccc([C@H](NCc2cc(=O)n3c(C)cccc3n2)c2cccs2)cc1. The standard InChI is InChI=1S/C25H27N3OS/c1-3-4-8-19-11-13-20(14-12-19)25(22-9-6-15-30-22)26-17-21-16-24(29)28-18(2)7-5-10-23(28)27-21/h5-7,9-16,25-26H,3-4,8,17H2,1-2H3/t25-/m0/s1. The highest BCUT2D eigenvalue weighted by atomic mass is 32.1. The summed E-state index contributed by atoms with van der Waals surface area (Å²) in [6.45, 7) is 4.67. The first-order valence-electron chi connectivity index (χ1n) is 10.5. The van der Waals surface area contributed by atoms with Crippen LogP contribution in [-0.2, 0) is 13.0 Å². The Balaban J connectivity index is 1.58. The van der Waals surface area contributed by atoms with E-state index in [9.17, 15) is 4.79 Å². The Bertz CT molecular complexity index is 1160. The van der Waals surface area contributed by atoms with Gasteiger partial charge in [0.15, 0.2) is 0 Å². The van der Waals surface area contributed by atoms with Gasteiger partial charge in [-0.25, -0.2) is 4.98 Å². The largest absolute Gasteiger partial charge is 0.300 e. The minimum atomic E-state index is -0.0390. The first-order valence-corrected chi connectivity index (χ1v) is 11.4. The molecule has 5 heteroatoms. The van der Waals surface area contributed by atoms with E-state index in [1.807, 2.05) is 25.1 Å². The number of pyridine rings is 1. The molecule has 4 rings (SSSR count). The van der Waals surface area contributed by atoms with Gasteiger partial charge >= 0.3 is 0 Å². The van der Waals surface area contributed by atoms with E-state index in [1.165, 1.54) is 28.8 Å². The van der Waals surface area contributed by atoms with E-state index in [-0.39, 0.29) is 11.6 Å². The summed E-state index contributed by atoms with van der Waals surface area (Å²) in [5.74, 6) is 0. The minimum Gasteiger partial charge on any atom is -0.300 e. The Hall–Kier alpha value is -2.76. The van der Waals surface area contributed by atoms with Crippen molar-refractivity contribution in [2.45, 2.75) is 45.7 Å². The zero-order valence-corrected chi connectivity index (χ0v) is 18.3. The van der Waals surface area contributed by atoms with E-state index < -0.39 is 0 Å². The fraction of sp³-hybridized carbons (Fsp3) is 0.280. The van der Waals surface area contributed by atoms with Crippen LogP contribution in [-0.4, -0.2) is 9.38 Å². The topological polar surface area (TPSA) is 46.4 Å². The van der Waals surface area contributed by atoms with Crippen LogP contribution in [0.2, 0.25) is 0 Å². The van der Waals surface area contributed by atoms with Crippen LogP contribution in [0.25, 0.3) is 5.65 Å². The third-order valence-electron chi connectivity index (χ3n) is 5.38. The fourth-order valence-corrected chi connectivity index (χ4v) is 4.58. The molecule has 0 bridgehead atoms. The number of aromatic nitrogens is 2. The quantitative estimate of drug-likeness (QED) is 0.424. The Morgan fingerprint density at radius 3 is 2.67 bits per heavy atom. The Morgan fingerprint density at radius 2 is 1.93 bits per heavy atom. The maximum absolute atomic E-state index is 12.6. The van der Waals surface area contributed by atoms with E-state index in [2.05, 4.69) is 54.0 Å². The molecule has 3 aromatic heterocycles. The van der Waals surface area contributed by atoms with Crippen molar-refractivity contribution in [3.63, 3.8) is 0 Å². The van der Waals surface area contributed by atoms with Crippen LogP contribution in [0.4, 0.5) is 0 Å².